The highest BCUT2D eigenvalue weighted by molar-refractivity contribution is 7.94. The zero-order valence-electron chi connectivity index (χ0n) is 9.71. The number of benzene rings is 1. The van der Waals surface area contributed by atoms with Crippen molar-refractivity contribution >= 4 is 50.4 Å². The van der Waals surface area contributed by atoms with Crippen LogP contribution in [0.2, 0.25) is 10.0 Å². The third-order valence-corrected chi connectivity index (χ3v) is 6.03. The van der Waals surface area contributed by atoms with E-state index in [2.05, 4.69) is 0 Å². The van der Waals surface area contributed by atoms with Gasteiger partial charge in [0.25, 0.3) is 0 Å². The number of hydrogen-bond acceptors (Lipinski definition) is 3. The van der Waals surface area contributed by atoms with Gasteiger partial charge in [0, 0.05) is 16.8 Å². The highest BCUT2D eigenvalue weighted by Crippen LogP contribution is 2.33. The average molecular weight is 330 g/mol. The van der Waals surface area contributed by atoms with Crippen molar-refractivity contribution in [3.05, 3.63) is 33.8 Å². The summed E-state index contributed by atoms with van der Waals surface area (Å²) >= 11 is 17.6. The van der Waals surface area contributed by atoms with Crippen molar-refractivity contribution in [3.63, 3.8) is 0 Å². The SMILES string of the molecule is CCC(Cl)(C(=O)c1ccc(Cl)cc1Cl)S(C)(=O)=O. The Labute approximate surface area is 121 Å². The van der Waals surface area contributed by atoms with Gasteiger partial charge in [-0.25, -0.2) is 8.42 Å². The van der Waals surface area contributed by atoms with Gasteiger partial charge in [-0.3, -0.25) is 4.79 Å². The lowest BCUT2D eigenvalue weighted by Crippen LogP contribution is -2.40. The average Bonchev–Trinajstić information content (AvgIpc) is 2.25. The molecule has 100 valence electrons. The van der Waals surface area contributed by atoms with Crippen LogP contribution in [0.1, 0.15) is 23.7 Å². The molecule has 0 amide bonds. The van der Waals surface area contributed by atoms with E-state index in [9.17, 15) is 13.2 Å². The Morgan fingerprint density at radius 1 is 1.33 bits per heavy atom. The van der Waals surface area contributed by atoms with Gasteiger partial charge in [-0.15, -0.1) is 0 Å². The summed E-state index contributed by atoms with van der Waals surface area (Å²) in [5.41, 5.74) is 0.0448. The summed E-state index contributed by atoms with van der Waals surface area (Å²) in [6, 6.07) is 4.19. The smallest absolute Gasteiger partial charge is 0.207 e. The molecule has 0 N–H and O–H groups in total. The summed E-state index contributed by atoms with van der Waals surface area (Å²) in [4.78, 5) is 12.2. The fraction of sp³-hybridized carbons (Fsp3) is 0.364. The van der Waals surface area contributed by atoms with Gasteiger partial charge < -0.3 is 0 Å². The molecule has 0 aromatic heterocycles. The number of sulfone groups is 1. The maximum absolute atomic E-state index is 12.2. The lowest BCUT2D eigenvalue weighted by Gasteiger charge is -2.22. The molecule has 0 bridgehead atoms. The fourth-order valence-electron chi connectivity index (χ4n) is 1.47. The van der Waals surface area contributed by atoms with Crippen LogP contribution in [0.15, 0.2) is 18.2 Å². The van der Waals surface area contributed by atoms with E-state index in [1.165, 1.54) is 25.1 Å². The monoisotopic (exact) mass is 328 g/mol. The molecule has 0 heterocycles. The number of carbonyl (C=O) groups excluding carboxylic acids is 1. The molecular formula is C11H11Cl3O3S. The van der Waals surface area contributed by atoms with Crippen LogP contribution >= 0.6 is 34.8 Å². The first-order valence-corrected chi connectivity index (χ1v) is 8.04. The lowest BCUT2D eigenvalue weighted by atomic mass is 10.1. The number of Topliss-reactive ketones (excluding diaryl/α,β-unsaturated/α-hetero) is 1. The first-order valence-electron chi connectivity index (χ1n) is 5.02. The molecule has 3 nitrogen and oxygen atoms in total. The second kappa shape index (κ2) is 5.37. The van der Waals surface area contributed by atoms with E-state index in [0.29, 0.717) is 5.02 Å². The second-order valence-electron chi connectivity index (χ2n) is 3.81. The first-order chi connectivity index (χ1) is 8.13. The van der Waals surface area contributed by atoms with Crippen molar-refractivity contribution in [3.8, 4) is 0 Å². The second-order valence-corrected chi connectivity index (χ2v) is 7.76. The Morgan fingerprint density at radius 3 is 2.28 bits per heavy atom. The summed E-state index contributed by atoms with van der Waals surface area (Å²) in [6.07, 6.45) is 0.871. The van der Waals surface area contributed by atoms with Crippen LogP contribution in [0, 0.1) is 0 Å². The lowest BCUT2D eigenvalue weighted by molar-refractivity contribution is 0.0971. The van der Waals surface area contributed by atoms with E-state index >= 15 is 0 Å². The molecule has 1 rings (SSSR count). The molecule has 0 aliphatic heterocycles. The summed E-state index contributed by atoms with van der Waals surface area (Å²) in [7, 11) is -3.76. The van der Waals surface area contributed by atoms with E-state index in [4.69, 9.17) is 34.8 Å². The molecule has 18 heavy (non-hydrogen) atoms. The highest BCUT2D eigenvalue weighted by atomic mass is 35.5. The summed E-state index contributed by atoms with van der Waals surface area (Å²) in [6.45, 7) is 1.52. The van der Waals surface area contributed by atoms with E-state index < -0.39 is 19.8 Å². The van der Waals surface area contributed by atoms with Gasteiger partial charge in [0.05, 0.1) is 5.02 Å². The molecule has 0 saturated heterocycles. The first kappa shape index (κ1) is 15.8. The maximum atomic E-state index is 12.2. The molecule has 0 aliphatic rings. The summed E-state index contributed by atoms with van der Waals surface area (Å²) in [5.74, 6) is -0.740. The Morgan fingerprint density at radius 2 is 1.89 bits per heavy atom. The normalized spacial score (nSPS) is 15.2. The predicted molar refractivity (Wildman–Crippen MR) is 74.5 cm³/mol. The van der Waals surface area contributed by atoms with Gasteiger partial charge in [0.2, 0.25) is 9.99 Å². The molecule has 1 aromatic carbocycles. The largest absolute Gasteiger partial charge is 0.291 e. The Balaban J connectivity index is 3.37. The molecule has 0 spiro atoms. The van der Waals surface area contributed by atoms with Gasteiger partial charge in [0.15, 0.2) is 9.84 Å². The number of halogens is 3. The third-order valence-electron chi connectivity index (χ3n) is 2.56. The number of carbonyl (C=O) groups is 1. The van der Waals surface area contributed by atoms with Crippen LogP contribution in [0.4, 0.5) is 0 Å². The fourth-order valence-corrected chi connectivity index (χ4v) is 3.03. The van der Waals surface area contributed by atoms with Crippen molar-refractivity contribution in [1.29, 1.82) is 0 Å². The predicted octanol–water partition coefficient (Wildman–Crippen LogP) is 3.57. The van der Waals surface area contributed by atoms with Crippen molar-refractivity contribution < 1.29 is 13.2 Å². The minimum atomic E-state index is -3.76. The van der Waals surface area contributed by atoms with E-state index in [1.807, 2.05) is 0 Å². The standard InChI is InChI=1S/C11H11Cl3O3S/c1-3-11(14,18(2,16)17)10(15)8-5-4-7(12)6-9(8)13/h4-6H,3H2,1-2H3. The van der Waals surface area contributed by atoms with Crippen molar-refractivity contribution in [1.82, 2.24) is 0 Å². The van der Waals surface area contributed by atoms with Crippen LogP contribution in [0.25, 0.3) is 0 Å². The minimum absolute atomic E-state index is 0.0448. The van der Waals surface area contributed by atoms with Gasteiger partial charge in [-0.05, 0) is 24.6 Å². The molecule has 1 aromatic rings. The Hall–Kier alpha value is -0.290. The highest BCUT2D eigenvalue weighted by Gasteiger charge is 2.45. The molecule has 1 unspecified atom stereocenters. The van der Waals surface area contributed by atoms with E-state index in [1.54, 1.807) is 0 Å². The van der Waals surface area contributed by atoms with Crippen LogP contribution < -0.4 is 0 Å². The maximum Gasteiger partial charge on any atom is 0.207 e. The Kier molecular flexibility index (Phi) is 4.70. The molecule has 7 heteroatoms. The quantitative estimate of drug-likeness (QED) is 0.627. The van der Waals surface area contributed by atoms with Gasteiger partial charge >= 0.3 is 0 Å². The molecule has 0 saturated carbocycles. The number of alkyl halides is 1. The number of rotatable bonds is 4. The molecule has 0 radical (unpaired) electrons. The van der Waals surface area contributed by atoms with Crippen LogP contribution in [-0.4, -0.2) is 24.7 Å². The number of ketones is 1. The topological polar surface area (TPSA) is 51.2 Å². The minimum Gasteiger partial charge on any atom is -0.291 e. The third kappa shape index (κ3) is 2.82. The van der Waals surface area contributed by atoms with E-state index in [0.717, 1.165) is 6.26 Å². The van der Waals surface area contributed by atoms with E-state index in [-0.39, 0.29) is 17.0 Å². The zero-order valence-corrected chi connectivity index (χ0v) is 12.8. The van der Waals surface area contributed by atoms with Gasteiger partial charge in [-0.2, -0.15) is 0 Å². The van der Waals surface area contributed by atoms with Crippen molar-refractivity contribution in [2.75, 3.05) is 6.26 Å². The van der Waals surface area contributed by atoms with Gasteiger partial charge in [-0.1, -0.05) is 41.7 Å². The molecule has 0 aliphatic carbocycles. The summed E-state index contributed by atoms with van der Waals surface area (Å²) in [5, 5.41) is 0.433. The van der Waals surface area contributed by atoms with Gasteiger partial charge in [0.1, 0.15) is 0 Å². The Bertz CT molecular complexity index is 583. The van der Waals surface area contributed by atoms with Crippen molar-refractivity contribution in [2.45, 2.75) is 17.6 Å². The molecule has 1 atom stereocenters. The molecular weight excluding hydrogens is 319 g/mol. The van der Waals surface area contributed by atoms with Crippen LogP contribution in [0.3, 0.4) is 0 Å². The van der Waals surface area contributed by atoms with Crippen molar-refractivity contribution in [2.24, 2.45) is 0 Å². The molecule has 0 fully saturated rings. The van der Waals surface area contributed by atoms with Crippen LogP contribution in [0.5, 0.6) is 0 Å². The number of hydrogen-bond donors (Lipinski definition) is 0. The summed E-state index contributed by atoms with van der Waals surface area (Å²) < 4.78 is 21.3. The van der Waals surface area contributed by atoms with Crippen LogP contribution in [-0.2, 0) is 9.84 Å². The zero-order chi connectivity index (χ0) is 14.1.